The lowest BCUT2D eigenvalue weighted by atomic mass is 9.90. The topological polar surface area (TPSA) is 70.9 Å². The first-order valence-electron chi connectivity index (χ1n) is 8.45. The number of aromatic hydroxyl groups is 1. The molecular formula is C18H23BrN2O3. The van der Waals surface area contributed by atoms with Crippen LogP contribution in [0.25, 0.3) is 0 Å². The van der Waals surface area contributed by atoms with Crippen molar-refractivity contribution in [3.63, 3.8) is 0 Å². The summed E-state index contributed by atoms with van der Waals surface area (Å²) in [5.74, 6) is 1.09. The molecule has 0 unspecified atom stereocenters. The highest BCUT2D eigenvalue weighted by atomic mass is 79.9. The molecule has 2 aliphatic carbocycles. The largest absolute Gasteiger partial charge is 0.503 e. The first-order chi connectivity index (χ1) is 11.5. The van der Waals surface area contributed by atoms with Crippen molar-refractivity contribution >= 4 is 28.1 Å². The number of carbonyl (C=O) groups is 1. The number of hydrogen-bond acceptors (Lipinski definition) is 4. The summed E-state index contributed by atoms with van der Waals surface area (Å²) in [6, 6.07) is 3.42. The number of phenolic OH excluding ortho intramolecular Hbond substituents is 1. The second-order valence-corrected chi connectivity index (χ2v) is 7.71. The molecule has 0 aromatic heterocycles. The number of rotatable bonds is 5. The fourth-order valence-electron chi connectivity index (χ4n) is 4.02. The van der Waals surface area contributed by atoms with E-state index in [9.17, 15) is 9.90 Å². The van der Waals surface area contributed by atoms with Crippen molar-refractivity contribution in [1.29, 1.82) is 0 Å². The fourth-order valence-corrected chi connectivity index (χ4v) is 4.48. The van der Waals surface area contributed by atoms with Crippen LogP contribution in [0.2, 0.25) is 0 Å². The molecule has 0 saturated heterocycles. The molecule has 2 saturated carbocycles. The second kappa shape index (κ2) is 6.75. The van der Waals surface area contributed by atoms with Crippen LogP contribution in [0.5, 0.6) is 11.5 Å². The molecule has 24 heavy (non-hydrogen) atoms. The zero-order valence-corrected chi connectivity index (χ0v) is 15.6. The number of carbonyl (C=O) groups excluding carboxylic acids is 1. The number of hydrazone groups is 1. The average Bonchev–Trinajstić information content (AvgIpc) is 3.18. The minimum atomic E-state index is 0.0172. The molecule has 0 heterocycles. The van der Waals surface area contributed by atoms with Crippen molar-refractivity contribution in [3.05, 3.63) is 22.2 Å². The summed E-state index contributed by atoms with van der Waals surface area (Å²) in [6.45, 7) is 4.53. The average molecular weight is 395 g/mol. The van der Waals surface area contributed by atoms with Gasteiger partial charge < -0.3 is 9.84 Å². The Kier molecular flexibility index (Phi) is 4.85. The lowest BCUT2D eigenvalue weighted by Crippen LogP contribution is -2.22. The van der Waals surface area contributed by atoms with Gasteiger partial charge in [-0.05, 0) is 64.7 Å². The molecule has 0 radical (unpaired) electrons. The highest BCUT2D eigenvalue weighted by Gasteiger charge is 2.64. The van der Waals surface area contributed by atoms with Crippen LogP contribution in [-0.4, -0.2) is 23.8 Å². The molecule has 0 aliphatic heterocycles. The maximum Gasteiger partial charge on any atom is 0.244 e. The quantitative estimate of drug-likeness (QED) is 0.588. The van der Waals surface area contributed by atoms with E-state index in [1.165, 1.54) is 12.8 Å². The number of nitrogens with zero attached hydrogens (tertiary/aromatic N) is 1. The third-order valence-corrected chi connectivity index (χ3v) is 5.96. The highest BCUT2D eigenvalue weighted by Crippen LogP contribution is 2.66. The van der Waals surface area contributed by atoms with E-state index in [0.29, 0.717) is 22.7 Å². The Morgan fingerprint density at radius 3 is 3.00 bits per heavy atom. The zero-order chi connectivity index (χ0) is 17.3. The maximum atomic E-state index is 12.4. The molecule has 5 nitrogen and oxygen atoms in total. The van der Waals surface area contributed by atoms with Gasteiger partial charge in [0.05, 0.1) is 17.3 Å². The van der Waals surface area contributed by atoms with E-state index in [-0.39, 0.29) is 23.0 Å². The van der Waals surface area contributed by atoms with Gasteiger partial charge in [-0.2, -0.15) is 5.10 Å². The van der Waals surface area contributed by atoms with Gasteiger partial charge in [0, 0.05) is 5.92 Å². The number of ether oxygens (including phenoxy) is 1. The summed E-state index contributed by atoms with van der Waals surface area (Å²) >= 11 is 3.29. The first kappa shape index (κ1) is 17.3. The summed E-state index contributed by atoms with van der Waals surface area (Å²) < 4.78 is 5.91. The Hall–Kier alpha value is -1.56. The van der Waals surface area contributed by atoms with E-state index in [4.69, 9.17) is 4.74 Å². The van der Waals surface area contributed by atoms with Gasteiger partial charge in [0.25, 0.3) is 0 Å². The number of phenols is 1. The van der Waals surface area contributed by atoms with Crippen LogP contribution in [0, 0.1) is 17.3 Å². The van der Waals surface area contributed by atoms with Crippen LogP contribution in [0.1, 0.15) is 45.1 Å². The van der Waals surface area contributed by atoms with Gasteiger partial charge in [0.1, 0.15) is 0 Å². The molecule has 0 spiro atoms. The Labute approximate surface area is 150 Å². The van der Waals surface area contributed by atoms with E-state index in [0.717, 1.165) is 18.4 Å². The van der Waals surface area contributed by atoms with Crippen LogP contribution in [-0.2, 0) is 4.79 Å². The van der Waals surface area contributed by atoms with Gasteiger partial charge in [-0.25, -0.2) is 5.43 Å². The molecule has 1 amide bonds. The number of nitrogens with one attached hydrogen (secondary N) is 1. The molecule has 2 aliphatic rings. The summed E-state index contributed by atoms with van der Waals surface area (Å²) in [7, 11) is 0. The van der Waals surface area contributed by atoms with Crippen LogP contribution in [0.3, 0.4) is 0 Å². The van der Waals surface area contributed by atoms with E-state index < -0.39 is 0 Å². The summed E-state index contributed by atoms with van der Waals surface area (Å²) in [5.41, 5.74) is 3.59. The maximum absolute atomic E-state index is 12.4. The SMILES string of the molecule is CCOc1cc(/C=N/NC(=O)[C@H]2[C@@H]3CCCC[C@@]32C)cc(Br)c1O. The van der Waals surface area contributed by atoms with E-state index in [1.54, 1.807) is 18.3 Å². The van der Waals surface area contributed by atoms with Gasteiger partial charge in [0.2, 0.25) is 5.91 Å². The molecule has 1 aromatic rings. The summed E-state index contributed by atoms with van der Waals surface area (Å²) in [4.78, 5) is 12.4. The minimum absolute atomic E-state index is 0.0172. The Morgan fingerprint density at radius 1 is 1.54 bits per heavy atom. The highest BCUT2D eigenvalue weighted by molar-refractivity contribution is 9.10. The summed E-state index contributed by atoms with van der Waals surface area (Å²) in [5, 5.41) is 14.0. The molecule has 0 bridgehead atoms. The minimum Gasteiger partial charge on any atom is -0.503 e. The standard InChI is InChI=1S/C18H23BrN2O3/c1-3-24-14-9-11(8-13(19)16(14)22)10-20-21-17(23)15-12-6-4-5-7-18(12,15)2/h8-10,12,15,22H,3-7H2,1-2H3,(H,21,23)/b20-10+/t12-,15+,18-/m0/s1. The molecule has 2 N–H and O–H groups in total. The number of benzene rings is 1. The fraction of sp³-hybridized carbons (Fsp3) is 0.556. The smallest absolute Gasteiger partial charge is 0.244 e. The number of hydrogen-bond donors (Lipinski definition) is 2. The van der Waals surface area contributed by atoms with Crippen molar-refractivity contribution in [2.24, 2.45) is 22.4 Å². The monoisotopic (exact) mass is 394 g/mol. The van der Waals surface area contributed by atoms with Crippen molar-refractivity contribution in [2.75, 3.05) is 6.61 Å². The predicted molar refractivity (Wildman–Crippen MR) is 96.3 cm³/mol. The third kappa shape index (κ3) is 3.16. The van der Waals surface area contributed by atoms with E-state index in [1.807, 2.05) is 6.92 Å². The Morgan fingerprint density at radius 2 is 2.33 bits per heavy atom. The number of halogens is 1. The molecule has 1 aromatic carbocycles. The summed E-state index contributed by atoms with van der Waals surface area (Å²) in [6.07, 6.45) is 6.32. The lowest BCUT2D eigenvalue weighted by molar-refractivity contribution is -0.123. The van der Waals surface area contributed by atoms with Crippen LogP contribution in [0.4, 0.5) is 0 Å². The molecule has 3 atom stereocenters. The molecule has 130 valence electrons. The number of fused-ring (bicyclic) bond motifs is 1. The normalized spacial score (nSPS) is 28.5. The van der Waals surface area contributed by atoms with Crippen molar-refractivity contribution in [3.8, 4) is 11.5 Å². The van der Waals surface area contributed by atoms with Crippen LogP contribution in [0.15, 0.2) is 21.7 Å². The van der Waals surface area contributed by atoms with Crippen LogP contribution >= 0.6 is 15.9 Å². The molecule has 2 fully saturated rings. The Bertz CT molecular complexity index is 676. The van der Waals surface area contributed by atoms with Gasteiger partial charge >= 0.3 is 0 Å². The molecule has 6 heteroatoms. The van der Waals surface area contributed by atoms with Crippen molar-refractivity contribution < 1.29 is 14.6 Å². The third-order valence-electron chi connectivity index (χ3n) is 5.35. The van der Waals surface area contributed by atoms with Gasteiger partial charge in [-0.1, -0.05) is 19.8 Å². The first-order valence-corrected chi connectivity index (χ1v) is 9.25. The number of amides is 1. The molecular weight excluding hydrogens is 372 g/mol. The molecule has 3 rings (SSSR count). The second-order valence-electron chi connectivity index (χ2n) is 6.85. The zero-order valence-electron chi connectivity index (χ0n) is 14.0. The van der Waals surface area contributed by atoms with E-state index in [2.05, 4.69) is 33.4 Å². The Balaban J connectivity index is 1.63. The van der Waals surface area contributed by atoms with Crippen molar-refractivity contribution in [2.45, 2.75) is 39.5 Å². The van der Waals surface area contributed by atoms with Gasteiger partial charge in [-0.15, -0.1) is 0 Å². The van der Waals surface area contributed by atoms with E-state index >= 15 is 0 Å². The van der Waals surface area contributed by atoms with Gasteiger partial charge in [-0.3, -0.25) is 4.79 Å². The van der Waals surface area contributed by atoms with Gasteiger partial charge in [0.15, 0.2) is 11.5 Å². The van der Waals surface area contributed by atoms with Crippen LogP contribution < -0.4 is 10.2 Å². The predicted octanol–water partition coefficient (Wildman–Crippen LogP) is 3.83. The van der Waals surface area contributed by atoms with Crippen molar-refractivity contribution in [1.82, 2.24) is 5.43 Å². The lowest BCUT2D eigenvalue weighted by Gasteiger charge is -2.15.